The molecule has 2 aliphatic rings. The Bertz CT molecular complexity index is 1100. The molecule has 1 aromatic carbocycles. The highest BCUT2D eigenvalue weighted by molar-refractivity contribution is 5.97. The first-order valence-corrected chi connectivity index (χ1v) is 13.4. The van der Waals surface area contributed by atoms with E-state index >= 15 is 0 Å². The van der Waals surface area contributed by atoms with Crippen LogP contribution in [0.4, 0.5) is 0 Å². The first-order chi connectivity index (χ1) is 17.9. The summed E-state index contributed by atoms with van der Waals surface area (Å²) in [6.45, 7) is 4.56. The fourth-order valence-corrected chi connectivity index (χ4v) is 5.21. The fraction of sp³-hybridized carbons (Fsp3) is 0.500. The zero-order chi connectivity index (χ0) is 26.4. The number of ether oxygens (including phenoxy) is 1. The lowest BCUT2D eigenvalue weighted by Crippen LogP contribution is -2.51. The summed E-state index contributed by atoms with van der Waals surface area (Å²) >= 11 is 0. The quantitative estimate of drug-likeness (QED) is 0.599. The van der Waals surface area contributed by atoms with Crippen molar-refractivity contribution in [2.75, 3.05) is 26.7 Å². The molecule has 4 rings (SSSR count). The maximum Gasteiger partial charge on any atom is 0.259 e. The Morgan fingerprint density at radius 2 is 1.89 bits per heavy atom. The Labute approximate surface area is 220 Å². The van der Waals surface area contributed by atoms with E-state index in [1.807, 2.05) is 63.4 Å². The predicted molar refractivity (Wildman–Crippen MR) is 145 cm³/mol. The number of rotatable bonds is 7. The molecule has 1 aromatic heterocycles. The normalized spacial score (nSPS) is 21.6. The molecule has 2 aromatic rings. The Morgan fingerprint density at radius 3 is 2.59 bits per heavy atom. The van der Waals surface area contributed by atoms with Crippen LogP contribution >= 0.6 is 0 Å². The molecule has 1 aliphatic carbocycles. The molecule has 198 valence electrons. The fourth-order valence-electron chi connectivity index (χ4n) is 5.21. The van der Waals surface area contributed by atoms with E-state index in [4.69, 9.17) is 4.74 Å². The van der Waals surface area contributed by atoms with Crippen LogP contribution in [0.1, 0.15) is 67.4 Å². The van der Waals surface area contributed by atoms with Gasteiger partial charge in [0.25, 0.3) is 5.91 Å². The zero-order valence-electron chi connectivity index (χ0n) is 22.2. The minimum Gasteiger partial charge on any atom is -0.472 e. The van der Waals surface area contributed by atoms with Crippen LogP contribution < -0.4 is 4.74 Å². The monoisotopic (exact) mass is 505 g/mol. The van der Waals surface area contributed by atoms with E-state index in [2.05, 4.69) is 4.98 Å². The average molecular weight is 506 g/mol. The minimum absolute atomic E-state index is 0.0628. The standard InChI is InChI=1S/C30H39N3O4/c1-21-18-33(22(2)20-34)30(36)26-16-24(15-14-23-10-6-4-7-11-23)17-31-28(26)37-27(21)19-32(3)29(35)25-12-8-5-9-13-25/h4,6-7,10-11,14-17,21-22,25,27,34H,5,8-9,12-13,18-20H2,1-3H3/b15-14+/t21-,22+,27+/m0/s1. The van der Waals surface area contributed by atoms with Crippen LogP contribution in [0, 0.1) is 11.8 Å². The lowest BCUT2D eigenvalue weighted by atomic mass is 9.88. The van der Waals surface area contributed by atoms with E-state index in [0.717, 1.165) is 36.8 Å². The summed E-state index contributed by atoms with van der Waals surface area (Å²) in [5.74, 6) is 0.249. The van der Waals surface area contributed by atoms with Gasteiger partial charge in [-0.25, -0.2) is 4.98 Å². The van der Waals surface area contributed by atoms with Crippen molar-refractivity contribution in [3.63, 3.8) is 0 Å². The van der Waals surface area contributed by atoms with Crippen LogP contribution in [0.15, 0.2) is 42.6 Å². The summed E-state index contributed by atoms with van der Waals surface area (Å²) in [4.78, 5) is 34.8. The molecule has 1 fully saturated rings. The largest absolute Gasteiger partial charge is 0.472 e. The second-order valence-corrected chi connectivity index (χ2v) is 10.5. The van der Waals surface area contributed by atoms with Crippen LogP contribution in [0.5, 0.6) is 5.88 Å². The summed E-state index contributed by atoms with van der Waals surface area (Å²) in [5, 5.41) is 9.89. The van der Waals surface area contributed by atoms with Crippen molar-refractivity contribution in [2.24, 2.45) is 11.8 Å². The van der Waals surface area contributed by atoms with E-state index < -0.39 is 0 Å². The predicted octanol–water partition coefficient (Wildman–Crippen LogP) is 4.51. The summed E-state index contributed by atoms with van der Waals surface area (Å²) in [5.41, 5.74) is 2.20. The van der Waals surface area contributed by atoms with Crippen LogP contribution in [0.25, 0.3) is 12.2 Å². The number of aromatic nitrogens is 1. The molecular formula is C30H39N3O4. The number of aliphatic hydroxyl groups excluding tert-OH is 1. The van der Waals surface area contributed by atoms with Gasteiger partial charge in [0.2, 0.25) is 11.8 Å². The molecule has 0 bridgehead atoms. The molecule has 7 heteroatoms. The second-order valence-electron chi connectivity index (χ2n) is 10.5. The van der Waals surface area contributed by atoms with Crippen molar-refractivity contribution in [3.05, 3.63) is 59.3 Å². The molecule has 2 amide bonds. The maximum absolute atomic E-state index is 13.6. The molecular weight excluding hydrogens is 466 g/mol. The number of carbonyl (C=O) groups is 2. The zero-order valence-corrected chi connectivity index (χ0v) is 22.2. The smallest absolute Gasteiger partial charge is 0.259 e. The Hall–Kier alpha value is -3.19. The topological polar surface area (TPSA) is 83.0 Å². The van der Waals surface area contributed by atoms with Crippen molar-refractivity contribution in [1.29, 1.82) is 0 Å². The van der Waals surface area contributed by atoms with Crippen LogP contribution in [0.3, 0.4) is 0 Å². The summed E-state index contributed by atoms with van der Waals surface area (Å²) in [6.07, 6.45) is 10.6. The number of carbonyl (C=O) groups excluding carboxylic acids is 2. The van der Waals surface area contributed by atoms with E-state index in [-0.39, 0.29) is 48.3 Å². The second kappa shape index (κ2) is 12.4. The van der Waals surface area contributed by atoms with Gasteiger partial charge >= 0.3 is 0 Å². The van der Waals surface area contributed by atoms with Crippen molar-refractivity contribution >= 4 is 24.0 Å². The number of hydrogen-bond acceptors (Lipinski definition) is 5. The van der Waals surface area contributed by atoms with Gasteiger partial charge in [0, 0.05) is 31.6 Å². The van der Waals surface area contributed by atoms with Crippen LogP contribution in [-0.2, 0) is 4.79 Å². The number of benzene rings is 1. The Morgan fingerprint density at radius 1 is 1.19 bits per heavy atom. The van der Waals surface area contributed by atoms with E-state index in [1.54, 1.807) is 22.1 Å². The van der Waals surface area contributed by atoms with Gasteiger partial charge < -0.3 is 19.6 Å². The van der Waals surface area contributed by atoms with Gasteiger partial charge in [0.05, 0.1) is 19.2 Å². The van der Waals surface area contributed by atoms with Gasteiger partial charge in [-0.05, 0) is 37.0 Å². The number of amides is 2. The number of hydrogen-bond donors (Lipinski definition) is 1. The molecule has 37 heavy (non-hydrogen) atoms. The molecule has 1 N–H and O–H groups in total. The highest BCUT2D eigenvalue weighted by Gasteiger charge is 2.35. The van der Waals surface area contributed by atoms with Crippen molar-refractivity contribution in [3.8, 4) is 5.88 Å². The highest BCUT2D eigenvalue weighted by Crippen LogP contribution is 2.29. The summed E-state index contributed by atoms with van der Waals surface area (Å²) in [7, 11) is 1.84. The number of aliphatic hydroxyl groups is 1. The molecule has 3 atom stereocenters. The van der Waals surface area contributed by atoms with Crippen molar-refractivity contribution < 1.29 is 19.4 Å². The number of nitrogens with zero attached hydrogens (tertiary/aromatic N) is 3. The van der Waals surface area contributed by atoms with E-state index in [9.17, 15) is 14.7 Å². The molecule has 0 unspecified atom stereocenters. The molecule has 0 radical (unpaired) electrons. The maximum atomic E-state index is 13.6. The van der Waals surface area contributed by atoms with Gasteiger partial charge in [-0.2, -0.15) is 0 Å². The van der Waals surface area contributed by atoms with Gasteiger partial charge in [-0.3, -0.25) is 9.59 Å². The lowest BCUT2D eigenvalue weighted by molar-refractivity contribution is -0.136. The minimum atomic E-state index is -0.355. The average Bonchev–Trinajstić information content (AvgIpc) is 2.94. The van der Waals surface area contributed by atoms with Crippen molar-refractivity contribution in [2.45, 2.75) is 58.1 Å². The SMILES string of the molecule is C[C@H](CO)N1C[C@H](C)[C@@H](CN(C)C(=O)C2CCCCC2)Oc2ncc(/C=C/c3ccccc3)cc2C1=O. The third kappa shape index (κ3) is 6.58. The number of fused-ring (bicyclic) bond motifs is 1. The molecule has 1 aliphatic heterocycles. The van der Waals surface area contributed by atoms with E-state index in [1.165, 1.54) is 6.42 Å². The first-order valence-electron chi connectivity index (χ1n) is 13.4. The molecule has 2 heterocycles. The molecule has 7 nitrogen and oxygen atoms in total. The van der Waals surface area contributed by atoms with Crippen LogP contribution in [0.2, 0.25) is 0 Å². The van der Waals surface area contributed by atoms with Gasteiger partial charge in [-0.1, -0.05) is 68.7 Å². The van der Waals surface area contributed by atoms with Gasteiger partial charge in [-0.15, -0.1) is 0 Å². The highest BCUT2D eigenvalue weighted by atomic mass is 16.5. The van der Waals surface area contributed by atoms with E-state index in [0.29, 0.717) is 18.7 Å². The van der Waals surface area contributed by atoms with Crippen LogP contribution in [-0.4, -0.2) is 70.6 Å². The molecule has 1 saturated carbocycles. The third-order valence-electron chi connectivity index (χ3n) is 7.59. The Balaban J connectivity index is 1.60. The number of likely N-dealkylation sites (N-methyl/N-ethyl adjacent to an activating group) is 1. The Kier molecular flexibility index (Phi) is 8.98. The summed E-state index contributed by atoms with van der Waals surface area (Å²) in [6, 6.07) is 11.4. The van der Waals surface area contributed by atoms with Gasteiger partial charge in [0.1, 0.15) is 11.7 Å². The van der Waals surface area contributed by atoms with Gasteiger partial charge in [0.15, 0.2) is 0 Å². The molecule has 0 spiro atoms. The number of pyridine rings is 1. The lowest BCUT2D eigenvalue weighted by Gasteiger charge is -2.38. The third-order valence-corrected chi connectivity index (χ3v) is 7.59. The summed E-state index contributed by atoms with van der Waals surface area (Å²) < 4.78 is 6.37. The molecule has 0 saturated heterocycles. The van der Waals surface area contributed by atoms with Crippen molar-refractivity contribution in [1.82, 2.24) is 14.8 Å². The first kappa shape index (κ1) is 26.9.